The minimum absolute atomic E-state index is 0.191. The second-order valence-electron chi connectivity index (χ2n) is 6.62. The number of hydrogen-bond donors (Lipinski definition) is 1. The van der Waals surface area contributed by atoms with Gasteiger partial charge in [-0.1, -0.05) is 13.8 Å². The molecule has 0 bridgehead atoms. The lowest BCUT2D eigenvalue weighted by Crippen LogP contribution is -2.48. The van der Waals surface area contributed by atoms with E-state index in [9.17, 15) is 4.79 Å². The van der Waals surface area contributed by atoms with Gasteiger partial charge in [-0.15, -0.1) is 0 Å². The Bertz CT molecular complexity index is 284. The summed E-state index contributed by atoms with van der Waals surface area (Å²) >= 11 is 0. The van der Waals surface area contributed by atoms with Gasteiger partial charge in [0.25, 0.3) is 0 Å². The van der Waals surface area contributed by atoms with Gasteiger partial charge >= 0.3 is 6.09 Å². The van der Waals surface area contributed by atoms with E-state index in [4.69, 9.17) is 10.5 Å². The Morgan fingerprint density at radius 3 is 2.50 bits per heavy atom. The molecule has 106 valence electrons. The fourth-order valence-electron chi connectivity index (χ4n) is 2.57. The molecule has 1 saturated heterocycles. The largest absolute Gasteiger partial charge is 0.444 e. The summed E-state index contributed by atoms with van der Waals surface area (Å²) in [5.41, 5.74) is 5.40. The molecule has 4 nitrogen and oxygen atoms in total. The Morgan fingerprint density at radius 2 is 2.06 bits per heavy atom. The summed E-state index contributed by atoms with van der Waals surface area (Å²) in [7, 11) is 0. The maximum absolute atomic E-state index is 12.0. The summed E-state index contributed by atoms with van der Waals surface area (Å²) in [5.74, 6) is 1.56. The predicted molar refractivity (Wildman–Crippen MR) is 73.3 cm³/mol. The second-order valence-corrected chi connectivity index (χ2v) is 6.62. The average molecular weight is 256 g/mol. The maximum atomic E-state index is 12.0. The number of carbonyl (C=O) groups is 1. The van der Waals surface area contributed by atoms with E-state index < -0.39 is 5.60 Å². The van der Waals surface area contributed by atoms with Crippen LogP contribution in [0.3, 0.4) is 0 Å². The van der Waals surface area contributed by atoms with Crippen LogP contribution in [0.1, 0.15) is 41.0 Å². The number of hydrogen-bond acceptors (Lipinski definition) is 3. The smallest absolute Gasteiger partial charge is 0.410 e. The number of carbonyl (C=O) groups excluding carboxylic acids is 1. The van der Waals surface area contributed by atoms with Crippen LogP contribution in [0.4, 0.5) is 4.79 Å². The molecule has 18 heavy (non-hydrogen) atoms. The molecule has 0 aromatic heterocycles. The van der Waals surface area contributed by atoms with Gasteiger partial charge in [-0.05, 0) is 51.5 Å². The summed E-state index contributed by atoms with van der Waals surface area (Å²) in [4.78, 5) is 13.9. The van der Waals surface area contributed by atoms with Crippen molar-refractivity contribution in [1.82, 2.24) is 4.90 Å². The molecule has 1 fully saturated rings. The molecule has 1 heterocycles. The summed E-state index contributed by atoms with van der Waals surface area (Å²) in [6.07, 6.45) is 0.794. The first-order chi connectivity index (χ1) is 8.24. The van der Waals surface area contributed by atoms with E-state index in [2.05, 4.69) is 13.8 Å². The van der Waals surface area contributed by atoms with E-state index in [0.29, 0.717) is 24.3 Å². The van der Waals surface area contributed by atoms with E-state index in [1.807, 2.05) is 25.7 Å². The Morgan fingerprint density at radius 1 is 1.44 bits per heavy atom. The zero-order valence-corrected chi connectivity index (χ0v) is 12.4. The molecule has 4 heteroatoms. The van der Waals surface area contributed by atoms with Crippen LogP contribution in [0.15, 0.2) is 0 Å². The number of nitrogens with zero attached hydrogens (tertiary/aromatic N) is 1. The van der Waals surface area contributed by atoms with Crippen LogP contribution >= 0.6 is 0 Å². The van der Waals surface area contributed by atoms with Crippen LogP contribution in [0, 0.1) is 17.8 Å². The van der Waals surface area contributed by atoms with Crippen molar-refractivity contribution in [1.29, 1.82) is 0 Å². The third-order valence-corrected chi connectivity index (χ3v) is 3.62. The molecule has 0 spiro atoms. The van der Waals surface area contributed by atoms with Gasteiger partial charge in [0, 0.05) is 13.1 Å². The quantitative estimate of drug-likeness (QED) is 0.825. The van der Waals surface area contributed by atoms with Crippen molar-refractivity contribution in [2.45, 2.75) is 46.6 Å². The standard InChI is InChI=1S/C14H28N2O2/c1-10(2)12-9-16(7-6-11(12)8-15)13(17)18-14(3,4)5/h10-12H,6-9,15H2,1-5H3/t11-,12-/m0/s1. The highest BCUT2D eigenvalue weighted by molar-refractivity contribution is 5.68. The molecule has 0 aliphatic carbocycles. The Hall–Kier alpha value is -0.770. The number of nitrogens with two attached hydrogens (primary N) is 1. The summed E-state index contributed by atoms with van der Waals surface area (Å²) < 4.78 is 5.43. The van der Waals surface area contributed by atoms with E-state index >= 15 is 0 Å². The summed E-state index contributed by atoms with van der Waals surface area (Å²) in [6, 6.07) is 0. The fraction of sp³-hybridized carbons (Fsp3) is 0.929. The topological polar surface area (TPSA) is 55.6 Å². The molecule has 0 saturated carbocycles. The van der Waals surface area contributed by atoms with Crippen LogP contribution in [0.5, 0.6) is 0 Å². The number of amides is 1. The maximum Gasteiger partial charge on any atom is 0.410 e. The van der Waals surface area contributed by atoms with Gasteiger partial charge in [0.2, 0.25) is 0 Å². The van der Waals surface area contributed by atoms with E-state index in [1.165, 1.54) is 0 Å². The first-order valence-corrected chi connectivity index (χ1v) is 6.92. The van der Waals surface area contributed by atoms with E-state index in [0.717, 1.165) is 19.5 Å². The first kappa shape index (κ1) is 15.3. The van der Waals surface area contributed by atoms with Gasteiger partial charge in [0.1, 0.15) is 5.60 Å². The molecule has 1 aliphatic heterocycles. The molecule has 0 radical (unpaired) electrons. The summed E-state index contributed by atoms with van der Waals surface area (Å²) in [6.45, 7) is 12.4. The monoisotopic (exact) mass is 256 g/mol. The second kappa shape index (κ2) is 5.91. The normalized spacial score (nSPS) is 25.4. The zero-order chi connectivity index (χ0) is 13.9. The van der Waals surface area contributed by atoms with E-state index in [-0.39, 0.29) is 6.09 Å². The average Bonchev–Trinajstić information content (AvgIpc) is 2.25. The number of piperidine rings is 1. The van der Waals surface area contributed by atoms with Gasteiger partial charge in [-0.25, -0.2) is 4.79 Å². The highest BCUT2D eigenvalue weighted by Gasteiger charge is 2.34. The Balaban J connectivity index is 2.63. The highest BCUT2D eigenvalue weighted by Crippen LogP contribution is 2.29. The molecule has 0 aromatic carbocycles. The van der Waals surface area contributed by atoms with Crippen molar-refractivity contribution in [3.8, 4) is 0 Å². The van der Waals surface area contributed by atoms with Crippen molar-refractivity contribution >= 4 is 6.09 Å². The predicted octanol–water partition coefficient (Wildman–Crippen LogP) is 2.47. The van der Waals surface area contributed by atoms with Crippen molar-refractivity contribution in [3.63, 3.8) is 0 Å². The lowest BCUT2D eigenvalue weighted by molar-refractivity contribution is 0.00633. The molecule has 0 aromatic rings. The number of ether oxygens (including phenoxy) is 1. The molecular weight excluding hydrogens is 228 g/mol. The zero-order valence-electron chi connectivity index (χ0n) is 12.4. The Labute approximate surface area is 111 Å². The van der Waals surface area contributed by atoms with Gasteiger partial charge < -0.3 is 15.4 Å². The molecule has 2 N–H and O–H groups in total. The van der Waals surface area contributed by atoms with Gasteiger partial charge in [0.15, 0.2) is 0 Å². The number of likely N-dealkylation sites (tertiary alicyclic amines) is 1. The van der Waals surface area contributed by atoms with Crippen LogP contribution < -0.4 is 5.73 Å². The third kappa shape index (κ3) is 4.16. The third-order valence-electron chi connectivity index (χ3n) is 3.62. The fourth-order valence-corrected chi connectivity index (χ4v) is 2.57. The summed E-state index contributed by atoms with van der Waals surface area (Å²) in [5, 5.41) is 0. The lowest BCUT2D eigenvalue weighted by Gasteiger charge is -2.40. The van der Waals surface area contributed by atoms with Crippen molar-refractivity contribution in [2.75, 3.05) is 19.6 Å². The first-order valence-electron chi connectivity index (χ1n) is 6.92. The lowest BCUT2D eigenvalue weighted by atomic mass is 9.78. The molecule has 0 unspecified atom stereocenters. The SMILES string of the molecule is CC(C)[C@@H]1CN(C(=O)OC(C)(C)C)CC[C@H]1CN. The van der Waals surface area contributed by atoms with Crippen LogP contribution in [-0.2, 0) is 4.74 Å². The van der Waals surface area contributed by atoms with Crippen LogP contribution in [-0.4, -0.2) is 36.2 Å². The molecule has 1 aliphatic rings. The van der Waals surface area contributed by atoms with Crippen molar-refractivity contribution < 1.29 is 9.53 Å². The van der Waals surface area contributed by atoms with Crippen LogP contribution in [0.2, 0.25) is 0 Å². The van der Waals surface area contributed by atoms with Gasteiger partial charge in [-0.2, -0.15) is 0 Å². The van der Waals surface area contributed by atoms with Crippen molar-refractivity contribution in [3.05, 3.63) is 0 Å². The molecule has 2 atom stereocenters. The molecule has 1 rings (SSSR count). The minimum Gasteiger partial charge on any atom is -0.444 e. The highest BCUT2D eigenvalue weighted by atomic mass is 16.6. The van der Waals surface area contributed by atoms with E-state index in [1.54, 1.807) is 0 Å². The van der Waals surface area contributed by atoms with Crippen LogP contribution in [0.25, 0.3) is 0 Å². The van der Waals surface area contributed by atoms with Crippen molar-refractivity contribution in [2.24, 2.45) is 23.5 Å². The number of rotatable bonds is 2. The Kier molecular flexibility index (Phi) is 5.02. The molecular formula is C14H28N2O2. The van der Waals surface area contributed by atoms with Gasteiger partial charge in [0.05, 0.1) is 0 Å². The van der Waals surface area contributed by atoms with Gasteiger partial charge in [-0.3, -0.25) is 0 Å². The molecule has 1 amide bonds. The minimum atomic E-state index is -0.422.